The normalized spacial score (nSPS) is 13.2. The molecule has 0 aliphatic rings. The van der Waals surface area contributed by atoms with Crippen molar-refractivity contribution in [3.63, 3.8) is 0 Å². The van der Waals surface area contributed by atoms with Crippen molar-refractivity contribution in [1.29, 1.82) is 0 Å². The van der Waals surface area contributed by atoms with Crippen molar-refractivity contribution in [3.05, 3.63) is 28.2 Å². The summed E-state index contributed by atoms with van der Waals surface area (Å²) in [5.74, 6) is -1.33. The molecule has 0 amide bonds. The Morgan fingerprint density at radius 3 is 2.58 bits per heavy atom. The third-order valence-electron chi connectivity index (χ3n) is 2.39. The highest BCUT2D eigenvalue weighted by Gasteiger charge is 2.26. The lowest BCUT2D eigenvalue weighted by molar-refractivity contribution is -0.139. The van der Waals surface area contributed by atoms with E-state index in [0.29, 0.717) is 4.47 Å². The van der Waals surface area contributed by atoms with Crippen molar-refractivity contribution in [2.24, 2.45) is 0 Å². The Hall–Kier alpha value is -0.960. The minimum atomic E-state index is -3.96. The third-order valence-corrected chi connectivity index (χ3v) is 4.84. The Bertz CT molecular complexity index is 572. The molecule has 1 atom stereocenters. The predicted molar refractivity (Wildman–Crippen MR) is 72.3 cm³/mol. The molecule has 6 nitrogen and oxygen atoms in total. The Labute approximate surface area is 119 Å². The van der Waals surface area contributed by atoms with Gasteiger partial charge in [0.1, 0.15) is 6.04 Å². The maximum Gasteiger partial charge on any atom is 0.321 e. The van der Waals surface area contributed by atoms with Gasteiger partial charge in [0, 0.05) is 11.1 Å². The number of halogens is 1. The van der Waals surface area contributed by atoms with Crippen LogP contribution in [0.1, 0.15) is 12.0 Å². The molecular formula is C11H14BrNO5S. The number of aliphatic carboxylic acids is 1. The molecule has 1 aromatic carbocycles. The van der Waals surface area contributed by atoms with E-state index >= 15 is 0 Å². The lowest BCUT2D eigenvalue weighted by Gasteiger charge is -2.14. The summed E-state index contributed by atoms with van der Waals surface area (Å²) in [6.45, 7) is 1.38. The standard InChI is InChI=1S/C11H14BrNO5S/c1-7-2-3-10(8(12)6-7)19(17,18)13-9(4-5-14)11(15)16/h2-3,6,9,13-14H,4-5H2,1H3,(H,15,16)/t9-/m1/s1. The number of aliphatic hydroxyl groups excluding tert-OH is 1. The zero-order valence-corrected chi connectivity index (χ0v) is 12.5. The molecule has 3 N–H and O–H groups in total. The molecule has 0 heterocycles. The number of sulfonamides is 1. The molecule has 0 aliphatic heterocycles. The van der Waals surface area contributed by atoms with E-state index in [1.165, 1.54) is 6.07 Å². The van der Waals surface area contributed by atoms with Gasteiger partial charge >= 0.3 is 5.97 Å². The minimum absolute atomic E-state index is 0.0395. The Morgan fingerprint density at radius 2 is 2.11 bits per heavy atom. The molecule has 0 spiro atoms. The summed E-state index contributed by atoms with van der Waals surface area (Å²) in [6, 6.07) is 3.26. The number of carbonyl (C=O) groups is 1. The van der Waals surface area contributed by atoms with Gasteiger partial charge in [-0.05, 0) is 47.0 Å². The van der Waals surface area contributed by atoms with Crippen molar-refractivity contribution < 1.29 is 23.4 Å². The van der Waals surface area contributed by atoms with Crippen molar-refractivity contribution in [1.82, 2.24) is 4.72 Å². The molecule has 106 valence electrons. The second-order valence-corrected chi connectivity index (χ2v) is 6.50. The molecule has 0 bridgehead atoms. The van der Waals surface area contributed by atoms with E-state index in [4.69, 9.17) is 10.2 Å². The Balaban J connectivity index is 3.06. The van der Waals surface area contributed by atoms with Crippen LogP contribution in [0, 0.1) is 6.92 Å². The molecule has 0 saturated heterocycles. The van der Waals surface area contributed by atoms with Crippen molar-refractivity contribution >= 4 is 31.9 Å². The number of nitrogens with one attached hydrogen (secondary N) is 1. The fourth-order valence-electron chi connectivity index (χ4n) is 1.44. The van der Waals surface area contributed by atoms with Gasteiger partial charge in [-0.1, -0.05) is 6.07 Å². The molecule has 0 aliphatic carbocycles. The zero-order chi connectivity index (χ0) is 14.6. The SMILES string of the molecule is Cc1ccc(S(=O)(=O)N[C@H](CCO)C(=O)O)c(Br)c1. The van der Waals surface area contributed by atoms with Crippen LogP contribution in [0.25, 0.3) is 0 Å². The summed E-state index contributed by atoms with van der Waals surface area (Å²) >= 11 is 3.13. The number of carboxylic acid groups (broad SMARTS) is 1. The highest BCUT2D eigenvalue weighted by molar-refractivity contribution is 9.10. The van der Waals surface area contributed by atoms with E-state index in [1.807, 2.05) is 0 Å². The van der Waals surface area contributed by atoms with Crippen LogP contribution in [0.15, 0.2) is 27.6 Å². The van der Waals surface area contributed by atoms with Crippen LogP contribution < -0.4 is 4.72 Å². The van der Waals surface area contributed by atoms with Gasteiger partial charge in [-0.15, -0.1) is 0 Å². The maximum absolute atomic E-state index is 12.1. The lowest BCUT2D eigenvalue weighted by Crippen LogP contribution is -2.41. The smallest absolute Gasteiger partial charge is 0.321 e. The van der Waals surface area contributed by atoms with E-state index in [0.717, 1.165) is 5.56 Å². The van der Waals surface area contributed by atoms with Crippen LogP contribution in [0.3, 0.4) is 0 Å². The highest BCUT2D eigenvalue weighted by atomic mass is 79.9. The molecule has 0 fully saturated rings. The van der Waals surface area contributed by atoms with Gasteiger partial charge in [-0.3, -0.25) is 4.79 Å². The Kier molecular flexibility index (Phi) is 5.48. The van der Waals surface area contributed by atoms with E-state index in [9.17, 15) is 13.2 Å². The number of hydrogen-bond donors (Lipinski definition) is 3. The molecule has 0 radical (unpaired) electrons. The molecule has 1 rings (SSSR count). The molecule has 0 saturated carbocycles. The van der Waals surface area contributed by atoms with Crippen LogP contribution in [0.2, 0.25) is 0 Å². The summed E-state index contributed by atoms with van der Waals surface area (Å²) < 4.78 is 26.5. The topological polar surface area (TPSA) is 104 Å². The number of carboxylic acids is 1. The van der Waals surface area contributed by atoms with E-state index in [-0.39, 0.29) is 11.3 Å². The van der Waals surface area contributed by atoms with E-state index in [1.54, 1.807) is 19.1 Å². The lowest BCUT2D eigenvalue weighted by atomic mass is 10.2. The van der Waals surface area contributed by atoms with Gasteiger partial charge < -0.3 is 10.2 Å². The van der Waals surface area contributed by atoms with Gasteiger partial charge in [0.15, 0.2) is 0 Å². The van der Waals surface area contributed by atoms with Crippen molar-refractivity contribution in [2.45, 2.75) is 24.3 Å². The predicted octanol–water partition coefficient (Wildman–Crippen LogP) is 0.871. The first-order valence-corrected chi connectivity index (χ1v) is 7.67. The van der Waals surface area contributed by atoms with Gasteiger partial charge in [-0.2, -0.15) is 4.72 Å². The first-order valence-electron chi connectivity index (χ1n) is 5.40. The van der Waals surface area contributed by atoms with Crippen LogP contribution in [0.4, 0.5) is 0 Å². The number of hydrogen-bond acceptors (Lipinski definition) is 4. The summed E-state index contributed by atoms with van der Waals surface area (Å²) in [7, 11) is -3.96. The average Bonchev–Trinajstić information content (AvgIpc) is 2.27. The minimum Gasteiger partial charge on any atom is -0.480 e. The van der Waals surface area contributed by atoms with E-state index < -0.39 is 28.6 Å². The second-order valence-electron chi connectivity index (χ2n) is 3.96. The molecule has 8 heteroatoms. The second kappa shape index (κ2) is 6.47. The first-order chi connectivity index (χ1) is 8.77. The van der Waals surface area contributed by atoms with Crippen LogP contribution in [0.5, 0.6) is 0 Å². The van der Waals surface area contributed by atoms with E-state index in [2.05, 4.69) is 20.7 Å². The van der Waals surface area contributed by atoms with Gasteiger partial charge in [0.2, 0.25) is 10.0 Å². The zero-order valence-electron chi connectivity index (χ0n) is 10.1. The molecule has 0 aromatic heterocycles. The van der Waals surface area contributed by atoms with Gasteiger partial charge in [0.05, 0.1) is 4.90 Å². The number of rotatable bonds is 6. The number of aryl methyl sites for hydroxylation is 1. The molecule has 19 heavy (non-hydrogen) atoms. The fraction of sp³-hybridized carbons (Fsp3) is 0.364. The number of aliphatic hydroxyl groups is 1. The Morgan fingerprint density at radius 1 is 1.47 bits per heavy atom. The summed E-state index contributed by atoms with van der Waals surface area (Å²) in [5, 5.41) is 17.6. The molecule has 0 unspecified atom stereocenters. The highest BCUT2D eigenvalue weighted by Crippen LogP contribution is 2.23. The molecule has 1 aromatic rings. The van der Waals surface area contributed by atoms with Gasteiger partial charge in [0.25, 0.3) is 0 Å². The maximum atomic E-state index is 12.1. The van der Waals surface area contributed by atoms with Crippen molar-refractivity contribution in [3.8, 4) is 0 Å². The summed E-state index contributed by atoms with van der Waals surface area (Å²) in [4.78, 5) is 10.8. The van der Waals surface area contributed by atoms with Crippen molar-refractivity contribution in [2.75, 3.05) is 6.61 Å². The molecular weight excluding hydrogens is 338 g/mol. The fourth-order valence-corrected chi connectivity index (χ4v) is 3.85. The van der Waals surface area contributed by atoms with Crippen LogP contribution >= 0.6 is 15.9 Å². The monoisotopic (exact) mass is 351 g/mol. The quantitative estimate of drug-likeness (QED) is 0.705. The van der Waals surface area contributed by atoms with Gasteiger partial charge in [-0.25, -0.2) is 8.42 Å². The first kappa shape index (κ1) is 16.1. The largest absolute Gasteiger partial charge is 0.480 e. The number of benzene rings is 1. The van der Waals surface area contributed by atoms with Crippen LogP contribution in [-0.4, -0.2) is 37.2 Å². The summed E-state index contributed by atoms with van der Waals surface area (Å²) in [6.07, 6.45) is -0.196. The average molecular weight is 352 g/mol. The van der Waals surface area contributed by atoms with Crippen LogP contribution in [-0.2, 0) is 14.8 Å². The summed E-state index contributed by atoms with van der Waals surface area (Å²) in [5.41, 5.74) is 0.871. The third kappa shape index (κ3) is 4.27.